The van der Waals surface area contributed by atoms with Gasteiger partial charge >= 0.3 is 0 Å². The van der Waals surface area contributed by atoms with Crippen LogP contribution in [0.4, 0.5) is 10.1 Å². The minimum atomic E-state index is -0.351. The Labute approximate surface area is 106 Å². The van der Waals surface area contributed by atoms with Gasteiger partial charge in [0.05, 0.1) is 15.2 Å². The summed E-state index contributed by atoms with van der Waals surface area (Å²) in [4.78, 5) is 0. The molecular weight excluding hydrogens is 336 g/mol. The zero-order chi connectivity index (χ0) is 9.42. The van der Waals surface area contributed by atoms with Crippen molar-refractivity contribution in [3.63, 3.8) is 0 Å². The van der Waals surface area contributed by atoms with E-state index in [2.05, 4.69) is 21.2 Å². The van der Waals surface area contributed by atoms with Crippen LogP contribution in [0.3, 0.4) is 0 Å². The molecule has 0 fully saturated rings. The molecule has 1 N–H and O–H groups in total. The molecule has 1 aliphatic heterocycles. The van der Waals surface area contributed by atoms with Crippen molar-refractivity contribution in [1.29, 1.82) is 0 Å². The third-order valence-electron chi connectivity index (χ3n) is 2.17. The highest BCUT2D eigenvalue weighted by molar-refractivity contribution is 9.10. The lowest BCUT2D eigenvalue weighted by atomic mass is 10.0. The Balaban J connectivity index is 0.000000980. The van der Waals surface area contributed by atoms with Crippen molar-refractivity contribution >= 4 is 50.2 Å². The molecule has 1 aromatic rings. The number of fused-ring (bicyclic) bond motifs is 1. The SMILES string of the molecule is Br.Fc1cc2c(c(Br)c1Cl)NCCC2. The maximum Gasteiger partial charge on any atom is 0.143 e. The van der Waals surface area contributed by atoms with Crippen LogP contribution in [0.1, 0.15) is 12.0 Å². The maximum atomic E-state index is 13.2. The molecule has 0 bridgehead atoms. The van der Waals surface area contributed by atoms with E-state index in [-0.39, 0.29) is 27.8 Å². The summed E-state index contributed by atoms with van der Waals surface area (Å²) in [6.45, 7) is 0.924. The van der Waals surface area contributed by atoms with E-state index in [0.717, 1.165) is 30.6 Å². The van der Waals surface area contributed by atoms with Gasteiger partial charge in [-0.05, 0) is 40.4 Å². The molecule has 0 aromatic heterocycles. The summed E-state index contributed by atoms with van der Waals surface area (Å²) in [5, 5.41) is 3.36. The predicted octanol–water partition coefficient (Wildman–Crippen LogP) is 4.18. The molecule has 0 saturated carbocycles. The number of aryl methyl sites for hydroxylation is 1. The fourth-order valence-corrected chi connectivity index (χ4v) is 2.26. The summed E-state index contributed by atoms with van der Waals surface area (Å²) in [5.41, 5.74) is 1.94. The van der Waals surface area contributed by atoms with E-state index in [4.69, 9.17) is 11.6 Å². The van der Waals surface area contributed by atoms with E-state index < -0.39 is 0 Å². The molecule has 78 valence electrons. The molecule has 5 heteroatoms. The number of halogens is 4. The van der Waals surface area contributed by atoms with Gasteiger partial charge in [0.15, 0.2) is 0 Å². The first-order chi connectivity index (χ1) is 6.20. The average Bonchev–Trinajstić information content (AvgIpc) is 2.15. The van der Waals surface area contributed by atoms with Crippen LogP contribution in [-0.2, 0) is 6.42 Å². The first-order valence-corrected chi connectivity index (χ1v) is 5.27. The van der Waals surface area contributed by atoms with Gasteiger partial charge < -0.3 is 5.32 Å². The van der Waals surface area contributed by atoms with Crippen molar-refractivity contribution in [2.45, 2.75) is 12.8 Å². The van der Waals surface area contributed by atoms with Gasteiger partial charge in [0.1, 0.15) is 5.82 Å². The molecule has 0 saturated heterocycles. The lowest BCUT2D eigenvalue weighted by Gasteiger charge is -2.20. The van der Waals surface area contributed by atoms with Crippen LogP contribution in [0.25, 0.3) is 0 Å². The lowest BCUT2D eigenvalue weighted by Crippen LogP contribution is -2.12. The number of anilines is 1. The minimum absolute atomic E-state index is 0. The van der Waals surface area contributed by atoms with Crippen molar-refractivity contribution < 1.29 is 4.39 Å². The fourth-order valence-electron chi connectivity index (χ4n) is 1.52. The van der Waals surface area contributed by atoms with Crippen molar-refractivity contribution in [3.8, 4) is 0 Å². The van der Waals surface area contributed by atoms with Crippen molar-refractivity contribution in [2.75, 3.05) is 11.9 Å². The predicted molar refractivity (Wildman–Crippen MR) is 66.2 cm³/mol. The molecule has 0 spiro atoms. The molecule has 1 heterocycles. The molecule has 0 atom stereocenters. The van der Waals surface area contributed by atoms with E-state index in [1.165, 1.54) is 6.07 Å². The van der Waals surface area contributed by atoms with Gasteiger partial charge in [-0.25, -0.2) is 4.39 Å². The van der Waals surface area contributed by atoms with Crippen molar-refractivity contribution in [1.82, 2.24) is 0 Å². The van der Waals surface area contributed by atoms with Crippen LogP contribution in [0.5, 0.6) is 0 Å². The van der Waals surface area contributed by atoms with Gasteiger partial charge in [-0.15, -0.1) is 17.0 Å². The fraction of sp³-hybridized carbons (Fsp3) is 0.333. The molecule has 2 rings (SSSR count). The smallest absolute Gasteiger partial charge is 0.143 e. The van der Waals surface area contributed by atoms with Crippen LogP contribution >= 0.6 is 44.5 Å². The highest BCUT2D eigenvalue weighted by Gasteiger charge is 2.17. The van der Waals surface area contributed by atoms with Gasteiger partial charge in [0.25, 0.3) is 0 Å². The van der Waals surface area contributed by atoms with Gasteiger partial charge in [0.2, 0.25) is 0 Å². The molecular formula is C9H9Br2ClFN. The van der Waals surface area contributed by atoms with E-state index in [1.807, 2.05) is 0 Å². The molecule has 1 nitrogen and oxygen atoms in total. The Morgan fingerprint density at radius 2 is 2.21 bits per heavy atom. The monoisotopic (exact) mass is 343 g/mol. The van der Waals surface area contributed by atoms with Crippen molar-refractivity contribution in [3.05, 3.63) is 26.9 Å². The molecule has 0 amide bonds. The summed E-state index contributed by atoms with van der Waals surface area (Å²) < 4.78 is 13.8. The summed E-state index contributed by atoms with van der Waals surface area (Å²) in [6, 6.07) is 1.51. The molecule has 0 aliphatic carbocycles. The van der Waals surface area contributed by atoms with E-state index in [0.29, 0.717) is 4.47 Å². The molecule has 14 heavy (non-hydrogen) atoms. The van der Waals surface area contributed by atoms with Crippen LogP contribution in [0.15, 0.2) is 10.5 Å². The van der Waals surface area contributed by atoms with Gasteiger partial charge in [-0.2, -0.15) is 0 Å². The summed E-state index contributed by atoms with van der Waals surface area (Å²) in [7, 11) is 0. The first-order valence-electron chi connectivity index (χ1n) is 4.10. The first kappa shape index (κ1) is 12.3. The highest BCUT2D eigenvalue weighted by atomic mass is 79.9. The third kappa shape index (κ3) is 2.07. The van der Waals surface area contributed by atoms with Gasteiger partial charge in [-0.3, -0.25) is 0 Å². The lowest BCUT2D eigenvalue weighted by molar-refractivity contribution is 0.623. The maximum absolute atomic E-state index is 13.2. The Bertz CT molecular complexity index is 357. The van der Waals surface area contributed by atoms with Crippen molar-refractivity contribution in [2.24, 2.45) is 0 Å². The Hall–Kier alpha value is 0.200. The zero-order valence-electron chi connectivity index (χ0n) is 7.24. The summed E-state index contributed by atoms with van der Waals surface area (Å²) >= 11 is 9.04. The normalized spacial score (nSPS) is 13.9. The number of hydrogen-bond donors (Lipinski definition) is 1. The molecule has 0 radical (unpaired) electrons. The topological polar surface area (TPSA) is 12.0 Å². The second-order valence-electron chi connectivity index (χ2n) is 3.05. The van der Waals surface area contributed by atoms with Crippen LogP contribution in [0, 0.1) is 5.82 Å². The Morgan fingerprint density at radius 1 is 1.50 bits per heavy atom. The Morgan fingerprint density at radius 3 is 2.93 bits per heavy atom. The van der Waals surface area contributed by atoms with E-state index in [9.17, 15) is 4.39 Å². The number of rotatable bonds is 0. The number of benzene rings is 1. The minimum Gasteiger partial charge on any atom is -0.384 e. The quantitative estimate of drug-likeness (QED) is 0.696. The van der Waals surface area contributed by atoms with E-state index in [1.54, 1.807) is 0 Å². The number of hydrogen-bond acceptors (Lipinski definition) is 1. The van der Waals surface area contributed by atoms with Crippen LogP contribution in [0.2, 0.25) is 5.02 Å². The largest absolute Gasteiger partial charge is 0.384 e. The standard InChI is InChI=1S/C9H8BrClFN.BrH/c10-7-8(11)6(12)4-5-2-1-3-13-9(5)7;/h4,13H,1-3H2;1H. The third-order valence-corrected chi connectivity index (χ3v) is 3.56. The van der Waals surface area contributed by atoms with E-state index >= 15 is 0 Å². The Kier molecular flexibility index (Phi) is 4.22. The summed E-state index contributed by atoms with van der Waals surface area (Å²) in [6.07, 6.45) is 1.95. The van der Waals surface area contributed by atoms with Crippen LogP contribution < -0.4 is 5.32 Å². The number of nitrogens with one attached hydrogen (secondary N) is 1. The van der Waals surface area contributed by atoms with Crippen LogP contribution in [-0.4, -0.2) is 6.54 Å². The summed E-state index contributed by atoms with van der Waals surface area (Å²) in [5.74, 6) is -0.351. The zero-order valence-corrected chi connectivity index (χ0v) is 11.3. The van der Waals surface area contributed by atoms with Gasteiger partial charge in [0, 0.05) is 6.54 Å². The average molecular weight is 345 g/mol. The molecule has 1 aliphatic rings. The second kappa shape index (κ2) is 4.81. The second-order valence-corrected chi connectivity index (χ2v) is 4.22. The molecule has 0 unspecified atom stereocenters. The highest BCUT2D eigenvalue weighted by Crippen LogP contribution is 2.37. The molecule has 1 aromatic carbocycles. The van der Waals surface area contributed by atoms with Gasteiger partial charge in [-0.1, -0.05) is 11.6 Å².